The Morgan fingerprint density at radius 3 is 2.60 bits per heavy atom. The minimum atomic E-state index is -0.546. The molecule has 7 nitrogen and oxygen atoms in total. The fourth-order valence-corrected chi connectivity index (χ4v) is 4.93. The molecule has 2 aliphatic rings. The lowest BCUT2D eigenvalue weighted by molar-refractivity contribution is 0.0353. The van der Waals surface area contributed by atoms with Crippen LogP contribution in [0.4, 0.5) is 0 Å². The van der Waals surface area contributed by atoms with Gasteiger partial charge in [0.25, 0.3) is 5.91 Å². The number of ether oxygens (including phenoxy) is 2. The van der Waals surface area contributed by atoms with Gasteiger partial charge in [0, 0.05) is 31.2 Å². The summed E-state index contributed by atoms with van der Waals surface area (Å²) in [6, 6.07) is 11.8. The number of morpholine rings is 1. The highest BCUT2D eigenvalue weighted by atomic mass is 35.5. The molecule has 182 valence electrons. The van der Waals surface area contributed by atoms with Crippen LogP contribution >= 0.6 is 11.6 Å². The van der Waals surface area contributed by atoms with Gasteiger partial charge in [-0.1, -0.05) is 36.4 Å². The van der Waals surface area contributed by atoms with Gasteiger partial charge in [-0.05, 0) is 42.3 Å². The number of hydrogen-bond donors (Lipinski definition) is 0. The monoisotopic (exact) mass is 494 g/mol. The summed E-state index contributed by atoms with van der Waals surface area (Å²) in [5, 5.41) is 0.812. The molecule has 3 heterocycles. The molecule has 2 aliphatic heterocycles. The molecule has 3 aromatic rings. The zero-order valence-electron chi connectivity index (χ0n) is 19.4. The van der Waals surface area contributed by atoms with E-state index in [1.54, 1.807) is 29.2 Å². The Hall–Kier alpha value is -3.13. The maximum atomic E-state index is 13.6. The Balaban J connectivity index is 1.51. The van der Waals surface area contributed by atoms with E-state index in [4.69, 9.17) is 25.5 Å². The summed E-state index contributed by atoms with van der Waals surface area (Å²) in [6.45, 7) is 8.64. The zero-order valence-corrected chi connectivity index (χ0v) is 20.1. The van der Waals surface area contributed by atoms with Gasteiger partial charge >= 0.3 is 0 Å². The molecule has 0 N–H and O–H groups in total. The molecule has 35 heavy (non-hydrogen) atoms. The number of hydrogen-bond acceptors (Lipinski definition) is 6. The normalized spacial score (nSPS) is 18.1. The molecule has 0 saturated carbocycles. The largest absolute Gasteiger partial charge is 0.490 e. The summed E-state index contributed by atoms with van der Waals surface area (Å²) in [5.41, 5.74) is 1.30. The van der Waals surface area contributed by atoms with E-state index in [1.165, 1.54) is 0 Å². The standard InChI is InChI=1S/C27H27ClN2O5/c1-2-14-34-20-7-4-18(5-8-20)24-23-25(31)21-17-19(28)6-9-22(21)35-26(23)27(32)30(24)11-3-10-29-12-15-33-16-13-29/h2,4-9,17,24H,1,3,10-16H2/t24-/m0/s1. The van der Waals surface area contributed by atoms with E-state index in [0.29, 0.717) is 40.5 Å². The molecule has 1 fully saturated rings. The van der Waals surface area contributed by atoms with Crippen molar-refractivity contribution >= 4 is 28.5 Å². The highest BCUT2D eigenvalue weighted by Crippen LogP contribution is 2.39. The smallest absolute Gasteiger partial charge is 0.290 e. The van der Waals surface area contributed by atoms with Gasteiger partial charge in [-0.2, -0.15) is 0 Å². The summed E-state index contributed by atoms with van der Waals surface area (Å²) in [7, 11) is 0. The lowest BCUT2D eigenvalue weighted by atomic mass is 9.98. The van der Waals surface area contributed by atoms with Crippen molar-refractivity contribution in [2.75, 3.05) is 46.0 Å². The Labute approximate surface area is 208 Å². The summed E-state index contributed by atoms with van der Waals surface area (Å²) in [6.07, 6.45) is 2.45. The molecule has 1 atom stereocenters. The number of fused-ring (bicyclic) bond motifs is 2. The van der Waals surface area contributed by atoms with Gasteiger partial charge in [-0.3, -0.25) is 14.5 Å². The van der Waals surface area contributed by atoms with Crippen LogP contribution in [0.3, 0.4) is 0 Å². The number of carbonyl (C=O) groups is 1. The Kier molecular flexibility index (Phi) is 6.90. The van der Waals surface area contributed by atoms with Crippen LogP contribution < -0.4 is 10.2 Å². The van der Waals surface area contributed by atoms with Crippen molar-refractivity contribution in [2.45, 2.75) is 12.5 Å². The minimum Gasteiger partial charge on any atom is -0.490 e. The third kappa shape index (κ3) is 4.72. The topological polar surface area (TPSA) is 72.2 Å². The molecule has 0 bridgehead atoms. The van der Waals surface area contributed by atoms with Crippen LogP contribution in [0.1, 0.15) is 34.1 Å². The first-order valence-corrected chi connectivity index (χ1v) is 12.2. The second kappa shape index (κ2) is 10.2. The quantitative estimate of drug-likeness (QED) is 0.435. The molecular formula is C27H27ClN2O5. The number of halogens is 1. The third-order valence-corrected chi connectivity index (χ3v) is 6.70. The number of carbonyl (C=O) groups excluding carboxylic acids is 1. The Morgan fingerprint density at radius 2 is 1.86 bits per heavy atom. The third-order valence-electron chi connectivity index (χ3n) is 6.47. The van der Waals surface area contributed by atoms with Gasteiger partial charge in [0.2, 0.25) is 5.76 Å². The van der Waals surface area contributed by atoms with Crippen molar-refractivity contribution in [3.05, 3.63) is 87.3 Å². The molecule has 1 saturated heterocycles. The lowest BCUT2D eigenvalue weighted by Gasteiger charge is -2.29. The fraction of sp³-hybridized carbons (Fsp3) is 0.333. The van der Waals surface area contributed by atoms with Crippen LogP contribution in [-0.2, 0) is 4.74 Å². The predicted molar refractivity (Wildman–Crippen MR) is 134 cm³/mol. The second-order valence-corrected chi connectivity index (χ2v) is 9.13. The van der Waals surface area contributed by atoms with Gasteiger partial charge in [0.05, 0.1) is 30.2 Å². The number of rotatable bonds is 8. The van der Waals surface area contributed by atoms with Crippen LogP contribution in [0.15, 0.2) is 64.3 Å². The molecule has 0 unspecified atom stereocenters. The first-order valence-electron chi connectivity index (χ1n) is 11.8. The first-order chi connectivity index (χ1) is 17.1. The van der Waals surface area contributed by atoms with Crippen molar-refractivity contribution in [2.24, 2.45) is 0 Å². The van der Waals surface area contributed by atoms with Crippen molar-refractivity contribution in [1.29, 1.82) is 0 Å². The van der Waals surface area contributed by atoms with Crippen LogP contribution in [-0.4, -0.2) is 61.7 Å². The van der Waals surface area contributed by atoms with Gasteiger partial charge in [0.1, 0.15) is 17.9 Å². The van der Waals surface area contributed by atoms with E-state index >= 15 is 0 Å². The van der Waals surface area contributed by atoms with Crippen LogP contribution in [0.25, 0.3) is 11.0 Å². The molecule has 0 radical (unpaired) electrons. The predicted octanol–water partition coefficient (Wildman–Crippen LogP) is 4.28. The van der Waals surface area contributed by atoms with E-state index in [-0.39, 0.29) is 17.1 Å². The van der Waals surface area contributed by atoms with Gasteiger partial charge in [-0.25, -0.2) is 0 Å². The maximum absolute atomic E-state index is 13.6. The molecule has 5 rings (SSSR count). The molecule has 1 amide bonds. The van der Waals surface area contributed by atoms with E-state index in [9.17, 15) is 9.59 Å². The van der Waals surface area contributed by atoms with E-state index < -0.39 is 6.04 Å². The second-order valence-electron chi connectivity index (χ2n) is 8.69. The first kappa shape index (κ1) is 23.6. The number of nitrogens with zero attached hydrogens (tertiary/aromatic N) is 2. The Bertz CT molecular complexity index is 1300. The van der Waals surface area contributed by atoms with E-state index in [1.807, 2.05) is 24.3 Å². The summed E-state index contributed by atoms with van der Waals surface area (Å²) in [5.74, 6) is 0.524. The van der Waals surface area contributed by atoms with Crippen LogP contribution in [0, 0.1) is 0 Å². The minimum absolute atomic E-state index is 0.105. The van der Waals surface area contributed by atoms with E-state index in [2.05, 4.69) is 11.5 Å². The van der Waals surface area contributed by atoms with Gasteiger partial charge in [-0.15, -0.1) is 0 Å². The molecule has 2 aromatic carbocycles. The lowest BCUT2D eigenvalue weighted by Crippen LogP contribution is -2.38. The van der Waals surface area contributed by atoms with E-state index in [0.717, 1.165) is 44.8 Å². The highest BCUT2D eigenvalue weighted by Gasteiger charge is 2.42. The molecular weight excluding hydrogens is 468 g/mol. The SMILES string of the molecule is C=CCOc1ccc([C@H]2c3c(oc4ccc(Cl)cc4c3=O)C(=O)N2CCCN2CCOCC2)cc1. The van der Waals surface area contributed by atoms with Crippen molar-refractivity contribution < 1.29 is 18.7 Å². The highest BCUT2D eigenvalue weighted by molar-refractivity contribution is 6.31. The summed E-state index contributed by atoms with van der Waals surface area (Å²) in [4.78, 5) is 31.2. The fourth-order valence-electron chi connectivity index (χ4n) is 4.76. The molecule has 0 aliphatic carbocycles. The maximum Gasteiger partial charge on any atom is 0.290 e. The number of amides is 1. The van der Waals surface area contributed by atoms with Crippen molar-refractivity contribution in [3.63, 3.8) is 0 Å². The molecule has 0 spiro atoms. The average Bonchev–Trinajstić information content (AvgIpc) is 3.16. The van der Waals surface area contributed by atoms with Crippen LogP contribution in [0.5, 0.6) is 5.75 Å². The Morgan fingerprint density at radius 1 is 1.09 bits per heavy atom. The van der Waals surface area contributed by atoms with Gasteiger partial charge < -0.3 is 18.8 Å². The molecule has 8 heteroatoms. The van der Waals surface area contributed by atoms with Crippen molar-refractivity contribution in [3.8, 4) is 5.75 Å². The molecule has 1 aromatic heterocycles. The van der Waals surface area contributed by atoms with Crippen LogP contribution in [0.2, 0.25) is 5.02 Å². The summed E-state index contributed by atoms with van der Waals surface area (Å²) >= 11 is 6.16. The van der Waals surface area contributed by atoms with Crippen molar-refractivity contribution in [1.82, 2.24) is 9.80 Å². The van der Waals surface area contributed by atoms with Gasteiger partial charge in [0.15, 0.2) is 5.43 Å². The zero-order chi connectivity index (χ0) is 24.4. The summed E-state index contributed by atoms with van der Waals surface area (Å²) < 4.78 is 17.0. The average molecular weight is 495 g/mol. The number of benzene rings is 2.